The second kappa shape index (κ2) is 5.00. The van der Waals surface area contributed by atoms with E-state index in [4.69, 9.17) is 0 Å². The first-order chi connectivity index (χ1) is 9.58. The van der Waals surface area contributed by atoms with Crippen LogP contribution in [0.5, 0.6) is 0 Å². The number of hydrogen-bond acceptors (Lipinski definition) is 1. The molecule has 0 aliphatic rings. The van der Waals surface area contributed by atoms with Crippen molar-refractivity contribution in [3.63, 3.8) is 0 Å². The fourth-order valence-electron chi connectivity index (χ4n) is 2.16. The molecule has 20 heavy (non-hydrogen) atoms. The average Bonchev–Trinajstić information content (AvgIpc) is 2.77. The van der Waals surface area contributed by atoms with Gasteiger partial charge < -0.3 is 0 Å². The predicted octanol–water partition coefficient (Wildman–Crippen LogP) is 2.95. The third-order valence-electron chi connectivity index (χ3n) is 3.28. The van der Waals surface area contributed by atoms with Gasteiger partial charge in [0.05, 0.1) is 0 Å². The van der Waals surface area contributed by atoms with E-state index in [1.54, 1.807) is 3.56 Å². The standard InChI is InChI=1S/C15H11F2NOSe/c1-9(10-5-3-2-4-6-10)18-15(19)11-7-12(16)13(17)8-14(11)20-18/h2-9H,1H3. The van der Waals surface area contributed by atoms with Crippen molar-refractivity contribution in [2.75, 3.05) is 0 Å². The maximum atomic E-state index is 13.3. The van der Waals surface area contributed by atoms with Crippen LogP contribution in [0, 0.1) is 11.6 Å². The van der Waals surface area contributed by atoms with Gasteiger partial charge in [-0.05, 0) is 0 Å². The summed E-state index contributed by atoms with van der Waals surface area (Å²) in [5, 5.41) is 0.284. The molecule has 0 saturated heterocycles. The molecule has 1 unspecified atom stereocenters. The molecule has 2 aromatic carbocycles. The van der Waals surface area contributed by atoms with Crippen molar-refractivity contribution in [3.05, 3.63) is 70.0 Å². The number of aromatic nitrogens is 1. The number of hydrogen-bond donors (Lipinski definition) is 0. The number of rotatable bonds is 2. The van der Waals surface area contributed by atoms with E-state index in [0.29, 0.717) is 4.26 Å². The topological polar surface area (TPSA) is 22.0 Å². The summed E-state index contributed by atoms with van der Waals surface area (Å²) in [5.74, 6) is -1.87. The van der Waals surface area contributed by atoms with Gasteiger partial charge in [-0.25, -0.2) is 0 Å². The number of fused-ring (bicyclic) bond motifs is 1. The van der Waals surface area contributed by atoms with Crippen molar-refractivity contribution in [2.45, 2.75) is 13.0 Å². The fourth-order valence-corrected chi connectivity index (χ4v) is 4.41. The van der Waals surface area contributed by atoms with E-state index in [1.165, 1.54) is 0 Å². The molecule has 1 aromatic heterocycles. The predicted molar refractivity (Wildman–Crippen MR) is 75.3 cm³/mol. The fraction of sp³-hybridized carbons (Fsp3) is 0.133. The molecule has 3 aromatic rings. The van der Waals surface area contributed by atoms with E-state index >= 15 is 0 Å². The third-order valence-corrected chi connectivity index (χ3v) is 5.83. The van der Waals surface area contributed by atoms with Gasteiger partial charge >= 0.3 is 120 Å². The van der Waals surface area contributed by atoms with E-state index in [0.717, 1.165) is 17.7 Å². The molecule has 3 rings (SSSR count). The normalized spacial score (nSPS) is 12.8. The van der Waals surface area contributed by atoms with Gasteiger partial charge in [-0.3, -0.25) is 0 Å². The number of halogens is 2. The van der Waals surface area contributed by atoms with Crippen molar-refractivity contribution < 1.29 is 8.78 Å². The van der Waals surface area contributed by atoms with Crippen LogP contribution in [0.25, 0.3) is 9.65 Å². The van der Waals surface area contributed by atoms with Gasteiger partial charge in [0.2, 0.25) is 0 Å². The number of nitrogens with zero attached hydrogens (tertiary/aromatic N) is 1. The summed E-state index contributed by atoms with van der Waals surface area (Å²) < 4.78 is 28.8. The molecular formula is C15H11F2NOSe. The van der Waals surface area contributed by atoms with Gasteiger partial charge in [-0.1, -0.05) is 0 Å². The van der Waals surface area contributed by atoms with Crippen molar-refractivity contribution >= 4 is 24.4 Å². The average molecular weight is 338 g/mol. The molecule has 0 radical (unpaired) electrons. The van der Waals surface area contributed by atoms with Crippen LogP contribution >= 0.6 is 0 Å². The first kappa shape index (κ1) is 13.3. The summed E-state index contributed by atoms with van der Waals surface area (Å²) in [4.78, 5) is 12.3. The number of benzene rings is 2. The molecule has 1 atom stereocenters. The molecule has 0 saturated carbocycles. The molecule has 0 spiro atoms. The summed E-state index contributed by atoms with van der Waals surface area (Å²) in [6.07, 6.45) is 0. The van der Waals surface area contributed by atoms with Gasteiger partial charge in [-0.2, -0.15) is 0 Å². The van der Waals surface area contributed by atoms with Crippen LogP contribution in [0.3, 0.4) is 0 Å². The zero-order valence-corrected chi connectivity index (χ0v) is 12.4. The van der Waals surface area contributed by atoms with E-state index in [-0.39, 0.29) is 31.7 Å². The SMILES string of the molecule is CC(c1ccccc1)n1[se]c2cc(F)c(F)cc2c1=O. The molecule has 0 aliphatic carbocycles. The zero-order valence-electron chi connectivity index (χ0n) is 10.6. The first-order valence-corrected chi connectivity index (χ1v) is 7.75. The van der Waals surface area contributed by atoms with Crippen molar-refractivity contribution in [1.82, 2.24) is 3.56 Å². The first-order valence-electron chi connectivity index (χ1n) is 6.13. The Labute approximate surface area is 120 Å². The maximum absolute atomic E-state index is 13.3. The monoisotopic (exact) mass is 339 g/mol. The van der Waals surface area contributed by atoms with Crippen LogP contribution in [-0.4, -0.2) is 18.3 Å². The van der Waals surface area contributed by atoms with Crippen LogP contribution in [0.2, 0.25) is 0 Å². The van der Waals surface area contributed by atoms with E-state index < -0.39 is 11.6 Å². The van der Waals surface area contributed by atoms with Crippen LogP contribution < -0.4 is 5.56 Å². The van der Waals surface area contributed by atoms with Crippen molar-refractivity contribution in [2.24, 2.45) is 0 Å². The second-order valence-electron chi connectivity index (χ2n) is 4.57. The van der Waals surface area contributed by atoms with Crippen molar-refractivity contribution in [3.8, 4) is 0 Å². The Hall–Kier alpha value is -1.71. The molecule has 0 aliphatic heterocycles. The van der Waals surface area contributed by atoms with Crippen LogP contribution in [0.1, 0.15) is 18.5 Å². The Kier molecular flexibility index (Phi) is 3.32. The Morgan fingerprint density at radius 1 is 1.10 bits per heavy atom. The minimum atomic E-state index is -0.970. The van der Waals surface area contributed by atoms with Crippen LogP contribution in [0.4, 0.5) is 8.78 Å². The van der Waals surface area contributed by atoms with E-state index in [2.05, 4.69) is 0 Å². The molecule has 1 heterocycles. The molecule has 0 N–H and O–H groups in total. The van der Waals surface area contributed by atoms with E-state index in [9.17, 15) is 13.6 Å². The Morgan fingerprint density at radius 3 is 2.45 bits per heavy atom. The zero-order chi connectivity index (χ0) is 14.3. The van der Waals surface area contributed by atoms with Gasteiger partial charge in [0.1, 0.15) is 0 Å². The Bertz CT molecular complexity index is 823. The summed E-state index contributed by atoms with van der Waals surface area (Å²) >= 11 is -0.323. The third kappa shape index (κ3) is 2.13. The summed E-state index contributed by atoms with van der Waals surface area (Å²) in [6.45, 7) is 1.92. The quantitative estimate of drug-likeness (QED) is 0.659. The molecule has 102 valence electrons. The molecule has 0 amide bonds. The Balaban J connectivity index is 2.18. The van der Waals surface area contributed by atoms with Gasteiger partial charge in [0.25, 0.3) is 0 Å². The van der Waals surface area contributed by atoms with Crippen LogP contribution in [-0.2, 0) is 0 Å². The van der Waals surface area contributed by atoms with Crippen molar-refractivity contribution in [1.29, 1.82) is 0 Å². The van der Waals surface area contributed by atoms with E-state index in [1.807, 2.05) is 37.3 Å². The van der Waals surface area contributed by atoms with Crippen LogP contribution in [0.15, 0.2) is 47.3 Å². The molecular weight excluding hydrogens is 327 g/mol. The summed E-state index contributed by atoms with van der Waals surface area (Å²) in [7, 11) is 0. The molecule has 2 nitrogen and oxygen atoms in total. The Morgan fingerprint density at radius 2 is 1.75 bits per heavy atom. The molecule has 0 fully saturated rings. The van der Waals surface area contributed by atoms with Gasteiger partial charge in [0.15, 0.2) is 0 Å². The second-order valence-corrected chi connectivity index (χ2v) is 6.70. The van der Waals surface area contributed by atoms with Gasteiger partial charge in [-0.15, -0.1) is 0 Å². The summed E-state index contributed by atoms with van der Waals surface area (Å²) in [6, 6.07) is 11.6. The summed E-state index contributed by atoms with van der Waals surface area (Å²) in [5.41, 5.74) is 0.784. The minimum absolute atomic E-state index is 0.109. The van der Waals surface area contributed by atoms with Gasteiger partial charge in [0, 0.05) is 0 Å². The molecule has 0 bridgehead atoms. The molecule has 5 heteroatoms.